The van der Waals surface area contributed by atoms with Gasteiger partial charge >= 0.3 is 0 Å². The Hall–Kier alpha value is -2.42. The third-order valence-electron chi connectivity index (χ3n) is 2.03. The van der Waals surface area contributed by atoms with Crippen molar-refractivity contribution >= 4 is 5.69 Å². The van der Waals surface area contributed by atoms with Crippen molar-refractivity contribution in [1.29, 1.82) is 5.26 Å². The van der Waals surface area contributed by atoms with Gasteiger partial charge in [0, 0.05) is 24.8 Å². The lowest BCUT2D eigenvalue weighted by Gasteiger charge is -2.04. The predicted molar refractivity (Wildman–Crippen MR) is 57.5 cm³/mol. The monoisotopic (exact) mass is 214 g/mol. The van der Waals surface area contributed by atoms with Crippen molar-refractivity contribution in [3.05, 3.63) is 36.2 Å². The summed E-state index contributed by atoms with van der Waals surface area (Å²) in [5.74, 6) is 0.835. The van der Waals surface area contributed by atoms with Gasteiger partial charge in [0.1, 0.15) is 23.9 Å². The average molecular weight is 214 g/mol. The zero-order valence-electron chi connectivity index (χ0n) is 8.51. The highest BCUT2D eigenvalue weighted by molar-refractivity contribution is 5.45. The number of aromatic amines is 1. The number of nitrogens with one attached hydrogen (secondary N) is 2. The van der Waals surface area contributed by atoms with Gasteiger partial charge in [-0.1, -0.05) is 0 Å². The number of rotatable bonds is 4. The van der Waals surface area contributed by atoms with Gasteiger partial charge in [0.25, 0.3) is 0 Å². The molecule has 6 heteroatoms. The molecule has 0 aliphatic heterocycles. The molecule has 2 heterocycles. The van der Waals surface area contributed by atoms with E-state index >= 15 is 0 Å². The lowest BCUT2D eigenvalue weighted by molar-refractivity contribution is 0.901. The first-order chi connectivity index (χ1) is 7.88. The summed E-state index contributed by atoms with van der Waals surface area (Å²) >= 11 is 0. The van der Waals surface area contributed by atoms with Crippen molar-refractivity contribution < 1.29 is 0 Å². The minimum atomic E-state index is 0.407. The number of H-pyrrole nitrogens is 1. The number of nitriles is 1. The molecule has 0 saturated heterocycles. The van der Waals surface area contributed by atoms with Crippen molar-refractivity contribution in [2.75, 3.05) is 11.9 Å². The lowest BCUT2D eigenvalue weighted by Crippen LogP contribution is -2.06. The van der Waals surface area contributed by atoms with Crippen LogP contribution in [0.5, 0.6) is 0 Å². The number of hydrogen-bond acceptors (Lipinski definition) is 5. The zero-order chi connectivity index (χ0) is 11.2. The molecule has 0 bridgehead atoms. The number of anilines is 1. The summed E-state index contributed by atoms with van der Waals surface area (Å²) in [4.78, 5) is 7.90. The summed E-state index contributed by atoms with van der Waals surface area (Å²) in [6, 6.07) is 5.52. The molecule has 0 aliphatic carbocycles. The molecule has 0 unspecified atom stereocenters. The minimum absolute atomic E-state index is 0.407. The molecule has 80 valence electrons. The smallest absolute Gasteiger partial charge is 0.142 e. The second-order valence-corrected chi connectivity index (χ2v) is 3.15. The van der Waals surface area contributed by atoms with Crippen LogP contribution in [-0.4, -0.2) is 26.7 Å². The van der Waals surface area contributed by atoms with Gasteiger partial charge in [0.05, 0.1) is 0 Å². The summed E-state index contributed by atoms with van der Waals surface area (Å²) in [7, 11) is 0. The molecule has 0 fully saturated rings. The van der Waals surface area contributed by atoms with Crippen molar-refractivity contribution in [3.8, 4) is 6.07 Å². The summed E-state index contributed by atoms with van der Waals surface area (Å²) in [5, 5.41) is 18.4. The Kier molecular flexibility index (Phi) is 3.09. The number of hydrogen-bond donors (Lipinski definition) is 2. The van der Waals surface area contributed by atoms with E-state index in [1.807, 2.05) is 12.1 Å². The molecule has 2 rings (SSSR count). The summed E-state index contributed by atoms with van der Waals surface area (Å²) < 4.78 is 0. The van der Waals surface area contributed by atoms with Crippen LogP contribution in [0.4, 0.5) is 5.69 Å². The topological polar surface area (TPSA) is 90.3 Å². The molecule has 6 nitrogen and oxygen atoms in total. The van der Waals surface area contributed by atoms with Crippen molar-refractivity contribution in [2.24, 2.45) is 0 Å². The van der Waals surface area contributed by atoms with E-state index < -0.39 is 0 Å². The maximum atomic E-state index is 8.67. The standard InChI is InChI=1S/C10H10N6/c11-6-9-5-8(1-3-13-9)12-4-2-10-14-7-15-16-10/h1,3,5,7H,2,4H2,(H,12,13)(H,14,15,16). The first-order valence-electron chi connectivity index (χ1n) is 4.83. The third kappa shape index (κ3) is 2.54. The number of pyridine rings is 1. The van der Waals surface area contributed by atoms with E-state index in [2.05, 4.69) is 25.5 Å². The van der Waals surface area contributed by atoms with E-state index in [9.17, 15) is 0 Å². The van der Waals surface area contributed by atoms with E-state index in [4.69, 9.17) is 5.26 Å². The molecule has 2 aromatic heterocycles. The van der Waals surface area contributed by atoms with E-state index in [1.54, 1.807) is 12.3 Å². The van der Waals surface area contributed by atoms with Crippen molar-refractivity contribution in [2.45, 2.75) is 6.42 Å². The molecule has 0 saturated carbocycles. The van der Waals surface area contributed by atoms with Crippen LogP contribution < -0.4 is 5.32 Å². The molecule has 0 radical (unpaired) electrons. The van der Waals surface area contributed by atoms with Crippen LogP contribution in [-0.2, 0) is 6.42 Å². The molecular weight excluding hydrogens is 204 g/mol. The van der Waals surface area contributed by atoms with E-state index in [1.165, 1.54) is 6.33 Å². The van der Waals surface area contributed by atoms with Crippen LogP contribution in [0, 0.1) is 11.3 Å². The van der Waals surface area contributed by atoms with Gasteiger partial charge in [-0.2, -0.15) is 10.4 Å². The van der Waals surface area contributed by atoms with Crippen LogP contribution >= 0.6 is 0 Å². The molecule has 0 atom stereocenters. The van der Waals surface area contributed by atoms with Gasteiger partial charge in [-0.25, -0.2) is 9.97 Å². The Morgan fingerprint density at radius 3 is 3.12 bits per heavy atom. The van der Waals surface area contributed by atoms with Crippen LogP contribution in [0.2, 0.25) is 0 Å². The van der Waals surface area contributed by atoms with Crippen LogP contribution in [0.25, 0.3) is 0 Å². The SMILES string of the molecule is N#Cc1cc(NCCc2ncn[nH]2)ccn1. The Bertz CT molecular complexity index is 484. The van der Waals surface area contributed by atoms with Gasteiger partial charge in [-0.05, 0) is 12.1 Å². The van der Waals surface area contributed by atoms with Gasteiger partial charge in [-0.3, -0.25) is 5.10 Å². The highest BCUT2D eigenvalue weighted by Gasteiger charge is 1.97. The van der Waals surface area contributed by atoms with Crippen LogP contribution in [0.15, 0.2) is 24.7 Å². The zero-order valence-corrected chi connectivity index (χ0v) is 8.51. The molecule has 0 aromatic carbocycles. The summed E-state index contributed by atoms with van der Waals surface area (Å²) in [6.07, 6.45) is 3.84. The van der Waals surface area contributed by atoms with E-state index in [0.717, 1.165) is 24.5 Å². The Labute approximate surface area is 92.4 Å². The fourth-order valence-corrected chi connectivity index (χ4v) is 1.28. The van der Waals surface area contributed by atoms with E-state index in [0.29, 0.717) is 5.69 Å². The highest BCUT2D eigenvalue weighted by Crippen LogP contribution is 2.06. The normalized spacial score (nSPS) is 9.69. The second-order valence-electron chi connectivity index (χ2n) is 3.15. The quantitative estimate of drug-likeness (QED) is 0.782. The summed E-state index contributed by atoms with van der Waals surface area (Å²) in [5.41, 5.74) is 1.29. The summed E-state index contributed by atoms with van der Waals surface area (Å²) in [6.45, 7) is 0.726. The van der Waals surface area contributed by atoms with Gasteiger partial charge < -0.3 is 5.32 Å². The van der Waals surface area contributed by atoms with Gasteiger partial charge in [-0.15, -0.1) is 0 Å². The largest absolute Gasteiger partial charge is 0.384 e. The highest BCUT2D eigenvalue weighted by atomic mass is 15.2. The Balaban J connectivity index is 1.88. The molecule has 0 amide bonds. The van der Waals surface area contributed by atoms with Gasteiger partial charge in [0.2, 0.25) is 0 Å². The fourth-order valence-electron chi connectivity index (χ4n) is 1.28. The Morgan fingerprint density at radius 1 is 1.44 bits per heavy atom. The first-order valence-corrected chi connectivity index (χ1v) is 4.83. The lowest BCUT2D eigenvalue weighted by atomic mass is 10.3. The maximum Gasteiger partial charge on any atom is 0.142 e. The van der Waals surface area contributed by atoms with Crippen molar-refractivity contribution in [1.82, 2.24) is 20.2 Å². The number of nitrogens with zero attached hydrogens (tertiary/aromatic N) is 4. The van der Waals surface area contributed by atoms with Gasteiger partial charge in [0.15, 0.2) is 0 Å². The fraction of sp³-hybridized carbons (Fsp3) is 0.200. The van der Waals surface area contributed by atoms with Crippen LogP contribution in [0.1, 0.15) is 11.5 Å². The number of aromatic nitrogens is 4. The molecule has 0 spiro atoms. The molecule has 16 heavy (non-hydrogen) atoms. The first kappa shape index (κ1) is 10.1. The second kappa shape index (κ2) is 4.89. The third-order valence-corrected chi connectivity index (χ3v) is 2.03. The van der Waals surface area contributed by atoms with Crippen LogP contribution in [0.3, 0.4) is 0 Å². The van der Waals surface area contributed by atoms with E-state index in [-0.39, 0.29) is 0 Å². The minimum Gasteiger partial charge on any atom is -0.384 e. The van der Waals surface area contributed by atoms with Crippen molar-refractivity contribution in [3.63, 3.8) is 0 Å². The molecular formula is C10H10N6. The molecule has 2 N–H and O–H groups in total. The predicted octanol–water partition coefficient (Wildman–Crippen LogP) is 0.726. The maximum absolute atomic E-state index is 8.67. The molecule has 0 aliphatic rings. The Morgan fingerprint density at radius 2 is 2.38 bits per heavy atom. The average Bonchev–Trinajstić information content (AvgIpc) is 2.82. The molecule has 2 aromatic rings.